The number of hydrogen-bond acceptors (Lipinski definition) is 3. The van der Waals surface area contributed by atoms with Gasteiger partial charge in [-0.2, -0.15) is 0 Å². The van der Waals surface area contributed by atoms with Crippen molar-refractivity contribution in [2.75, 3.05) is 6.79 Å². The lowest BCUT2D eigenvalue weighted by molar-refractivity contribution is -0.138. The molecule has 0 saturated heterocycles. The van der Waals surface area contributed by atoms with Crippen LogP contribution in [-0.4, -0.2) is 17.9 Å². The van der Waals surface area contributed by atoms with Gasteiger partial charge in [0, 0.05) is 10.0 Å². The van der Waals surface area contributed by atoms with Gasteiger partial charge < -0.3 is 14.6 Å². The lowest BCUT2D eigenvalue weighted by Gasteiger charge is -2.14. The summed E-state index contributed by atoms with van der Waals surface area (Å²) in [6.45, 7) is 3.64. The molecule has 0 amide bonds. The third-order valence-electron chi connectivity index (χ3n) is 2.71. The van der Waals surface area contributed by atoms with Crippen LogP contribution >= 0.6 is 15.9 Å². The summed E-state index contributed by atoms with van der Waals surface area (Å²) < 4.78 is 11.4. The van der Waals surface area contributed by atoms with Crippen LogP contribution in [0.3, 0.4) is 0 Å². The largest absolute Gasteiger partial charge is 0.481 e. The normalized spacial score (nSPS) is 14.9. The topological polar surface area (TPSA) is 55.8 Å². The number of ether oxygens (including phenoxy) is 2. The summed E-state index contributed by atoms with van der Waals surface area (Å²) in [4.78, 5) is 11.1. The molecular weight excluding hydrogens is 276 g/mol. The Morgan fingerprint density at radius 2 is 2.25 bits per heavy atom. The second kappa shape index (κ2) is 3.97. The van der Waals surface area contributed by atoms with Gasteiger partial charge in [-0.15, -0.1) is 0 Å². The second-order valence-electron chi connectivity index (χ2n) is 3.69. The summed E-state index contributed by atoms with van der Waals surface area (Å²) >= 11 is 3.39. The highest BCUT2D eigenvalue weighted by Gasteiger charge is 2.28. The molecule has 0 aliphatic carbocycles. The molecule has 1 heterocycles. The lowest BCUT2D eigenvalue weighted by atomic mass is 9.95. The third-order valence-corrected chi connectivity index (χ3v) is 3.53. The van der Waals surface area contributed by atoms with Crippen LogP contribution in [0.15, 0.2) is 10.5 Å². The fraction of sp³-hybridized carbons (Fsp3) is 0.364. The number of aliphatic carboxylic acids is 1. The maximum atomic E-state index is 11.1. The average Bonchev–Trinajstić information content (AvgIpc) is 2.66. The molecular formula is C11H11BrO4. The zero-order chi connectivity index (χ0) is 11.9. The van der Waals surface area contributed by atoms with Gasteiger partial charge in [0.15, 0.2) is 11.5 Å². The van der Waals surface area contributed by atoms with Gasteiger partial charge in [-0.1, -0.05) is 15.9 Å². The van der Waals surface area contributed by atoms with Crippen LogP contribution < -0.4 is 9.47 Å². The molecule has 0 spiro atoms. The number of halogens is 1. The fourth-order valence-electron chi connectivity index (χ4n) is 1.77. The molecule has 1 N–H and O–H groups in total. The highest BCUT2D eigenvalue weighted by atomic mass is 79.9. The molecule has 0 radical (unpaired) electrons. The Morgan fingerprint density at radius 3 is 2.88 bits per heavy atom. The predicted octanol–water partition coefficient (Wildman–Crippen LogP) is 2.67. The second-order valence-corrected chi connectivity index (χ2v) is 4.55. The van der Waals surface area contributed by atoms with Gasteiger partial charge in [-0.05, 0) is 25.5 Å². The van der Waals surface area contributed by atoms with Gasteiger partial charge >= 0.3 is 5.97 Å². The minimum atomic E-state index is -0.876. The van der Waals surface area contributed by atoms with Gasteiger partial charge in [0.25, 0.3) is 0 Å². The molecule has 0 aromatic heterocycles. The first-order valence-corrected chi connectivity index (χ1v) is 5.63. The molecule has 2 rings (SSSR count). The van der Waals surface area contributed by atoms with Gasteiger partial charge in [0.2, 0.25) is 6.79 Å². The van der Waals surface area contributed by atoms with Crippen molar-refractivity contribution in [2.24, 2.45) is 0 Å². The van der Waals surface area contributed by atoms with E-state index in [0.717, 1.165) is 10.0 Å². The van der Waals surface area contributed by atoms with Crippen LogP contribution in [0.5, 0.6) is 11.5 Å². The molecule has 1 aliphatic rings. The van der Waals surface area contributed by atoms with E-state index in [1.165, 1.54) is 0 Å². The molecule has 1 aliphatic heterocycles. The quantitative estimate of drug-likeness (QED) is 0.908. The Morgan fingerprint density at radius 1 is 1.56 bits per heavy atom. The van der Waals surface area contributed by atoms with Gasteiger partial charge in [-0.3, -0.25) is 4.79 Å². The van der Waals surface area contributed by atoms with Crippen molar-refractivity contribution in [3.63, 3.8) is 0 Å². The number of fused-ring (bicyclic) bond motifs is 1. The van der Waals surface area contributed by atoms with Gasteiger partial charge in [-0.25, -0.2) is 0 Å². The van der Waals surface area contributed by atoms with Crippen molar-refractivity contribution in [2.45, 2.75) is 19.8 Å². The minimum Gasteiger partial charge on any atom is -0.481 e. The monoisotopic (exact) mass is 286 g/mol. The number of benzene rings is 1. The van der Waals surface area contributed by atoms with Gasteiger partial charge in [0.1, 0.15) is 0 Å². The Balaban J connectivity index is 2.63. The van der Waals surface area contributed by atoms with Crippen LogP contribution in [-0.2, 0) is 4.79 Å². The van der Waals surface area contributed by atoms with E-state index in [2.05, 4.69) is 15.9 Å². The molecule has 86 valence electrons. The predicted molar refractivity (Wildman–Crippen MR) is 61.1 cm³/mol. The molecule has 1 unspecified atom stereocenters. The van der Waals surface area contributed by atoms with E-state index in [0.29, 0.717) is 17.1 Å². The average molecular weight is 287 g/mol. The van der Waals surface area contributed by atoms with Gasteiger partial charge in [0.05, 0.1) is 5.92 Å². The van der Waals surface area contributed by atoms with Crippen molar-refractivity contribution < 1.29 is 19.4 Å². The van der Waals surface area contributed by atoms with Crippen molar-refractivity contribution in [1.82, 2.24) is 0 Å². The molecule has 16 heavy (non-hydrogen) atoms. The maximum Gasteiger partial charge on any atom is 0.310 e. The summed E-state index contributed by atoms with van der Waals surface area (Å²) in [5, 5.41) is 9.07. The molecule has 0 bridgehead atoms. The van der Waals surface area contributed by atoms with Crippen molar-refractivity contribution >= 4 is 21.9 Å². The molecule has 5 heteroatoms. The standard InChI is InChI=1S/C11H11BrO4/c1-5-7(12)3-8-10(16-4-15-8)9(5)6(2)11(13)14/h3,6H,4H2,1-2H3,(H,13,14). The van der Waals surface area contributed by atoms with E-state index in [9.17, 15) is 4.79 Å². The molecule has 1 atom stereocenters. The van der Waals surface area contributed by atoms with E-state index >= 15 is 0 Å². The van der Waals surface area contributed by atoms with E-state index in [-0.39, 0.29) is 6.79 Å². The Labute approximate surface area is 101 Å². The van der Waals surface area contributed by atoms with Crippen molar-refractivity contribution in [1.29, 1.82) is 0 Å². The molecule has 1 aromatic carbocycles. The first-order chi connectivity index (χ1) is 7.52. The van der Waals surface area contributed by atoms with Crippen LogP contribution in [0.4, 0.5) is 0 Å². The maximum absolute atomic E-state index is 11.1. The lowest BCUT2D eigenvalue weighted by Crippen LogP contribution is -2.10. The summed E-state index contributed by atoms with van der Waals surface area (Å²) in [5.74, 6) is -0.344. The SMILES string of the molecule is Cc1c(Br)cc2c(c1C(C)C(=O)O)OCO2. The minimum absolute atomic E-state index is 0.143. The molecule has 0 saturated carbocycles. The number of rotatable bonds is 2. The molecule has 4 nitrogen and oxygen atoms in total. The fourth-order valence-corrected chi connectivity index (χ4v) is 2.19. The van der Waals surface area contributed by atoms with E-state index in [1.54, 1.807) is 13.0 Å². The zero-order valence-electron chi connectivity index (χ0n) is 8.91. The van der Waals surface area contributed by atoms with Crippen LogP contribution in [0.2, 0.25) is 0 Å². The summed E-state index contributed by atoms with van der Waals surface area (Å²) in [7, 11) is 0. The Bertz CT molecular complexity index is 456. The van der Waals surface area contributed by atoms with Crippen molar-refractivity contribution in [3.8, 4) is 11.5 Å². The Kier molecular flexibility index (Phi) is 2.80. The first kappa shape index (κ1) is 11.3. The summed E-state index contributed by atoms with van der Waals surface area (Å²) in [6.07, 6.45) is 0. The highest BCUT2D eigenvalue weighted by Crippen LogP contribution is 2.44. The first-order valence-electron chi connectivity index (χ1n) is 4.83. The smallest absolute Gasteiger partial charge is 0.310 e. The molecule has 1 aromatic rings. The van der Waals surface area contributed by atoms with Crippen LogP contribution in [0, 0.1) is 6.92 Å². The number of carboxylic acid groups (broad SMARTS) is 1. The third kappa shape index (κ3) is 1.65. The Hall–Kier alpha value is -1.23. The highest BCUT2D eigenvalue weighted by molar-refractivity contribution is 9.10. The van der Waals surface area contributed by atoms with Crippen molar-refractivity contribution in [3.05, 3.63) is 21.7 Å². The molecule has 0 fully saturated rings. The van der Waals surface area contributed by atoms with E-state index in [1.807, 2.05) is 6.92 Å². The summed E-state index contributed by atoms with van der Waals surface area (Å²) in [6, 6.07) is 1.80. The van der Waals surface area contributed by atoms with Crippen LogP contribution in [0.25, 0.3) is 0 Å². The number of hydrogen-bond donors (Lipinski definition) is 1. The number of carboxylic acids is 1. The summed E-state index contributed by atoms with van der Waals surface area (Å²) in [5.41, 5.74) is 1.55. The number of carbonyl (C=O) groups is 1. The van der Waals surface area contributed by atoms with Crippen LogP contribution in [0.1, 0.15) is 24.0 Å². The van der Waals surface area contributed by atoms with E-state index in [4.69, 9.17) is 14.6 Å². The van der Waals surface area contributed by atoms with E-state index < -0.39 is 11.9 Å². The zero-order valence-corrected chi connectivity index (χ0v) is 10.5.